The Bertz CT molecular complexity index is 438. The van der Waals surface area contributed by atoms with Crippen molar-refractivity contribution in [2.24, 2.45) is 4.99 Å². The van der Waals surface area contributed by atoms with Crippen molar-refractivity contribution in [2.75, 3.05) is 38.5 Å². The van der Waals surface area contributed by atoms with Gasteiger partial charge in [0.25, 0.3) is 0 Å². The van der Waals surface area contributed by atoms with E-state index in [9.17, 15) is 0 Å². The molecule has 0 bridgehead atoms. The third-order valence-corrected chi connectivity index (χ3v) is 4.03. The van der Waals surface area contributed by atoms with Crippen molar-refractivity contribution in [2.45, 2.75) is 32.2 Å². The average Bonchev–Trinajstić information content (AvgIpc) is 2.53. The van der Waals surface area contributed by atoms with Crippen LogP contribution in [-0.4, -0.2) is 44.8 Å². The van der Waals surface area contributed by atoms with Gasteiger partial charge >= 0.3 is 0 Å². The lowest BCUT2D eigenvalue weighted by Crippen LogP contribution is -2.31. The van der Waals surface area contributed by atoms with Crippen LogP contribution < -0.4 is 10.6 Å². The number of piperidine rings is 1. The molecular formula is C17H28N4. The number of anilines is 1. The maximum Gasteiger partial charge on any atom is 0.0853 e. The summed E-state index contributed by atoms with van der Waals surface area (Å²) in [5.41, 5.74) is 3.30. The highest BCUT2D eigenvalue weighted by Crippen LogP contribution is 2.25. The fraction of sp³-hybridized carbons (Fsp3) is 0.588. The van der Waals surface area contributed by atoms with Gasteiger partial charge in [-0.2, -0.15) is 0 Å². The third-order valence-electron chi connectivity index (χ3n) is 4.03. The van der Waals surface area contributed by atoms with Gasteiger partial charge in [0.05, 0.1) is 11.4 Å². The first-order valence-electron chi connectivity index (χ1n) is 8.04. The fourth-order valence-electron chi connectivity index (χ4n) is 2.89. The molecule has 1 fully saturated rings. The molecule has 0 saturated carbocycles. The van der Waals surface area contributed by atoms with E-state index in [1.807, 2.05) is 13.1 Å². The van der Waals surface area contributed by atoms with Crippen LogP contribution in [0.15, 0.2) is 23.2 Å². The Morgan fingerprint density at radius 3 is 2.76 bits per heavy atom. The molecule has 0 atom stereocenters. The summed E-state index contributed by atoms with van der Waals surface area (Å²) in [6.45, 7) is 9.26. The number of nitrogens with one attached hydrogen (secondary N) is 2. The standard InChI is InChI=1S/C17H28N4/c1-18-14-15-7-8-16(19-2)17(13-15)20-9-6-12-21-10-4-3-5-11-21/h7-8,13,18,20H,2-6,9-12,14H2,1H3. The van der Waals surface area contributed by atoms with E-state index in [1.165, 1.54) is 50.9 Å². The topological polar surface area (TPSA) is 39.7 Å². The van der Waals surface area contributed by atoms with Crippen LogP contribution in [0, 0.1) is 0 Å². The average molecular weight is 288 g/mol. The highest BCUT2D eigenvalue weighted by molar-refractivity contribution is 5.68. The molecule has 1 aliphatic heterocycles. The molecule has 0 spiro atoms. The number of nitrogens with zero attached hydrogens (tertiary/aromatic N) is 2. The Kier molecular flexibility index (Phi) is 6.70. The molecule has 2 N–H and O–H groups in total. The van der Waals surface area contributed by atoms with Crippen LogP contribution in [0.4, 0.5) is 11.4 Å². The van der Waals surface area contributed by atoms with Crippen molar-refractivity contribution in [3.8, 4) is 0 Å². The maximum absolute atomic E-state index is 4.10. The summed E-state index contributed by atoms with van der Waals surface area (Å²) in [7, 11) is 1.96. The maximum atomic E-state index is 4.10. The van der Waals surface area contributed by atoms with Crippen molar-refractivity contribution < 1.29 is 0 Å². The zero-order valence-electron chi connectivity index (χ0n) is 13.2. The second kappa shape index (κ2) is 8.80. The Hall–Kier alpha value is -1.39. The minimum Gasteiger partial charge on any atom is -0.383 e. The first-order valence-corrected chi connectivity index (χ1v) is 8.04. The van der Waals surface area contributed by atoms with E-state index in [0.29, 0.717) is 0 Å². The lowest BCUT2D eigenvalue weighted by molar-refractivity contribution is 0.228. The van der Waals surface area contributed by atoms with E-state index < -0.39 is 0 Å². The van der Waals surface area contributed by atoms with Gasteiger partial charge in [0.2, 0.25) is 0 Å². The molecule has 1 aromatic rings. The molecule has 4 heteroatoms. The number of hydrogen-bond acceptors (Lipinski definition) is 4. The second-order valence-corrected chi connectivity index (χ2v) is 5.72. The van der Waals surface area contributed by atoms with E-state index in [4.69, 9.17) is 0 Å². The summed E-state index contributed by atoms with van der Waals surface area (Å²) in [5, 5.41) is 6.69. The Morgan fingerprint density at radius 1 is 1.24 bits per heavy atom. The van der Waals surface area contributed by atoms with Crippen LogP contribution in [0.1, 0.15) is 31.2 Å². The summed E-state index contributed by atoms with van der Waals surface area (Å²) >= 11 is 0. The zero-order chi connectivity index (χ0) is 14.9. The number of rotatable bonds is 8. The number of hydrogen-bond donors (Lipinski definition) is 2. The van der Waals surface area contributed by atoms with Crippen LogP contribution >= 0.6 is 0 Å². The second-order valence-electron chi connectivity index (χ2n) is 5.72. The molecule has 1 heterocycles. The van der Waals surface area contributed by atoms with Crippen LogP contribution in [0.2, 0.25) is 0 Å². The molecule has 0 unspecified atom stereocenters. The van der Waals surface area contributed by atoms with Crippen molar-refractivity contribution in [3.05, 3.63) is 23.8 Å². The van der Waals surface area contributed by atoms with Gasteiger partial charge in [-0.1, -0.05) is 12.5 Å². The van der Waals surface area contributed by atoms with Gasteiger partial charge in [-0.3, -0.25) is 4.99 Å². The molecule has 1 aromatic carbocycles. The summed E-state index contributed by atoms with van der Waals surface area (Å²) in [4.78, 5) is 6.68. The molecule has 1 aliphatic rings. The van der Waals surface area contributed by atoms with E-state index in [0.717, 1.165) is 24.5 Å². The molecule has 116 valence electrons. The number of aliphatic imine (C=N–C) groups is 1. The third kappa shape index (κ3) is 5.14. The van der Waals surface area contributed by atoms with Gasteiger partial charge in [-0.25, -0.2) is 0 Å². The summed E-state index contributed by atoms with van der Waals surface area (Å²) < 4.78 is 0. The van der Waals surface area contributed by atoms with Gasteiger partial charge in [0.15, 0.2) is 0 Å². The monoisotopic (exact) mass is 288 g/mol. The lowest BCUT2D eigenvalue weighted by atomic mass is 10.1. The Balaban J connectivity index is 1.80. The van der Waals surface area contributed by atoms with Crippen molar-refractivity contribution in [1.82, 2.24) is 10.2 Å². The largest absolute Gasteiger partial charge is 0.383 e. The Morgan fingerprint density at radius 2 is 2.05 bits per heavy atom. The highest BCUT2D eigenvalue weighted by Gasteiger charge is 2.09. The SMILES string of the molecule is C=Nc1ccc(CNC)cc1NCCCN1CCCCC1. The predicted molar refractivity (Wildman–Crippen MR) is 91.8 cm³/mol. The van der Waals surface area contributed by atoms with Crippen molar-refractivity contribution in [1.29, 1.82) is 0 Å². The van der Waals surface area contributed by atoms with Crippen molar-refractivity contribution >= 4 is 18.1 Å². The quantitative estimate of drug-likeness (QED) is 0.570. The van der Waals surface area contributed by atoms with Crippen LogP contribution in [-0.2, 0) is 6.54 Å². The van der Waals surface area contributed by atoms with Crippen LogP contribution in [0.5, 0.6) is 0 Å². The summed E-state index contributed by atoms with van der Waals surface area (Å²) in [5.74, 6) is 0. The molecule has 0 aliphatic carbocycles. The van der Waals surface area contributed by atoms with Crippen molar-refractivity contribution in [3.63, 3.8) is 0 Å². The van der Waals surface area contributed by atoms with E-state index in [-0.39, 0.29) is 0 Å². The first-order chi connectivity index (χ1) is 10.3. The lowest BCUT2D eigenvalue weighted by Gasteiger charge is -2.26. The molecule has 0 aromatic heterocycles. The van der Waals surface area contributed by atoms with Gasteiger partial charge in [-0.05, 0) is 70.4 Å². The summed E-state index contributed by atoms with van der Waals surface area (Å²) in [6, 6.07) is 6.30. The van der Waals surface area contributed by atoms with Crippen LogP contribution in [0.3, 0.4) is 0 Å². The Labute approximate surface area is 128 Å². The van der Waals surface area contributed by atoms with E-state index >= 15 is 0 Å². The van der Waals surface area contributed by atoms with E-state index in [2.05, 4.69) is 39.4 Å². The minimum atomic E-state index is 0.875. The number of likely N-dealkylation sites (tertiary alicyclic amines) is 1. The molecule has 0 amide bonds. The van der Waals surface area contributed by atoms with Gasteiger partial charge in [0.1, 0.15) is 0 Å². The smallest absolute Gasteiger partial charge is 0.0853 e. The van der Waals surface area contributed by atoms with Gasteiger partial charge < -0.3 is 15.5 Å². The normalized spacial score (nSPS) is 15.9. The first kappa shape index (κ1) is 16.0. The molecule has 0 radical (unpaired) electrons. The van der Waals surface area contributed by atoms with Gasteiger partial charge in [0, 0.05) is 13.1 Å². The highest BCUT2D eigenvalue weighted by atomic mass is 15.1. The summed E-state index contributed by atoms with van der Waals surface area (Å²) in [6.07, 6.45) is 5.31. The number of benzene rings is 1. The van der Waals surface area contributed by atoms with Gasteiger partial charge in [-0.15, -0.1) is 0 Å². The fourth-order valence-corrected chi connectivity index (χ4v) is 2.89. The molecule has 4 nitrogen and oxygen atoms in total. The zero-order valence-corrected chi connectivity index (χ0v) is 13.2. The molecule has 2 rings (SSSR count). The predicted octanol–water partition coefficient (Wildman–Crippen LogP) is 3.03. The molecular weight excluding hydrogens is 260 g/mol. The molecule has 21 heavy (non-hydrogen) atoms. The minimum absolute atomic E-state index is 0.875. The molecule has 1 saturated heterocycles. The van der Waals surface area contributed by atoms with E-state index in [1.54, 1.807) is 0 Å². The van der Waals surface area contributed by atoms with Crippen LogP contribution in [0.25, 0.3) is 0 Å².